The summed E-state index contributed by atoms with van der Waals surface area (Å²) >= 11 is 0. The molecule has 2 nitrogen and oxygen atoms in total. The van der Waals surface area contributed by atoms with Gasteiger partial charge in [0.05, 0.1) is 5.60 Å². The Morgan fingerprint density at radius 3 is 2.32 bits per heavy atom. The molecule has 2 heteroatoms. The van der Waals surface area contributed by atoms with Crippen LogP contribution in [0.4, 0.5) is 0 Å². The molecular formula is C17H33NO. The molecular weight excluding hydrogens is 234 g/mol. The second-order valence-corrected chi connectivity index (χ2v) is 7.40. The van der Waals surface area contributed by atoms with Gasteiger partial charge < -0.3 is 10.8 Å². The second kappa shape index (κ2) is 6.13. The Morgan fingerprint density at radius 1 is 1.05 bits per heavy atom. The Balaban J connectivity index is 2.11. The van der Waals surface area contributed by atoms with Gasteiger partial charge in [-0.25, -0.2) is 0 Å². The van der Waals surface area contributed by atoms with Crippen molar-refractivity contribution in [3.63, 3.8) is 0 Å². The fourth-order valence-corrected chi connectivity index (χ4v) is 4.51. The summed E-state index contributed by atoms with van der Waals surface area (Å²) in [4.78, 5) is 0. The van der Waals surface area contributed by atoms with Crippen LogP contribution in [-0.4, -0.2) is 17.3 Å². The van der Waals surface area contributed by atoms with Gasteiger partial charge in [-0.15, -0.1) is 0 Å². The molecule has 0 aromatic carbocycles. The molecule has 2 unspecified atom stereocenters. The molecule has 2 atom stereocenters. The van der Waals surface area contributed by atoms with Gasteiger partial charge in [-0.1, -0.05) is 46.0 Å². The SMILES string of the molecule is CCC1CCCC(O)(C2(CN)CCC(C)CC2)CC1. The highest BCUT2D eigenvalue weighted by molar-refractivity contribution is 5.02. The van der Waals surface area contributed by atoms with Crippen LogP contribution in [0.1, 0.15) is 78.1 Å². The summed E-state index contributed by atoms with van der Waals surface area (Å²) in [7, 11) is 0. The summed E-state index contributed by atoms with van der Waals surface area (Å²) in [5.74, 6) is 1.64. The highest BCUT2D eigenvalue weighted by atomic mass is 16.3. The van der Waals surface area contributed by atoms with Crippen molar-refractivity contribution in [3.8, 4) is 0 Å². The summed E-state index contributed by atoms with van der Waals surface area (Å²) in [6.45, 7) is 5.30. The molecule has 2 aliphatic carbocycles. The lowest BCUT2D eigenvalue weighted by atomic mass is 9.59. The van der Waals surface area contributed by atoms with Crippen LogP contribution in [0, 0.1) is 17.3 Å². The lowest BCUT2D eigenvalue weighted by Gasteiger charge is -2.50. The van der Waals surface area contributed by atoms with E-state index in [9.17, 15) is 5.11 Å². The maximum Gasteiger partial charge on any atom is 0.0715 e. The van der Waals surface area contributed by atoms with E-state index >= 15 is 0 Å². The molecule has 0 aliphatic heterocycles. The van der Waals surface area contributed by atoms with E-state index < -0.39 is 5.60 Å². The van der Waals surface area contributed by atoms with Crippen molar-refractivity contribution in [3.05, 3.63) is 0 Å². The van der Waals surface area contributed by atoms with Gasteiger partial charge in [-0.3, -0.25) is 0 Å². The molecule has 0 aromatic rings. The average Bonchev–Trinajstić information content (AvgIpc) is 2.63. The summed E-state index contributed by atoms with van der Waals surface area (Å²) < 4.78 is 0. The molecule has 0 heterocycles. The predicted molar refractivity (Wildman–Crippen MR) is 80.9 cm³/mol. The lowest BCUT2D eigenvalue weighted by Crippen LogP contribution is -2.54. The first kappa shape index (κ1) is 15.3. The number of hydrogen-bond donors (Lipinski definition) is 2. The maximum absolute atomic E-state index is 11.3. The van der Waals surface area contributed by atoms with Gasteiger partial charge in [-0.05, 0) is 43.9 Å². The molecule has 2 fully saturated rings. The van der Waals surface area contributed by atoms with E-state index in [1.54, 1.807) is 0 Å². The first-order chi connectivity index (χ1) is 9.05. The van der Waals surface area contributed by atoms with E-state index in [1.165, 1.54) is 38.5 Å². The van der Waals surface area contributed by atoms with Gasteiger partial charge in [0.15, 0.2) is 0 Å². The Hall–Kier alpha value is -0.0800. The van der Waals surface area contributed by atoms with E-state index in [0.29, 0.717) is 6.54 Å². The van der Waals surface area contributed by atoms with E-state index in [-0.39, 0.29) is 5.41 Å². The van der Waals surface area contributed by atoms with E-state index in [4.69, 9.17) is 5.73 Å². The maximum atomic E-state index is 11.3. The standard InChI is InChI=1S/C17H33NO/c1-3-15-5-4-9-17(19,12-8-15)16(13-18)10-6-14(2)7-11-16/h14-15,19H,3-13,18H2,1-2H3. The Bertz CT molecular complexity index is 283. The molecule has 2 aliphatic rings. The normalized spacial score (nSPS) is 44.8. The van der Waals surface area contributed by atoms with E-state index in [2.05, 4.69) is 13.8 Å². The van der Waals surface area contributed by atoms with E-state index in [0.717, 1.165) is 37.5 Å². The number of hydrogen-bond acceptors (Lipinski definition) is 2. The molecule has 0 radical (unpaired) electrons. The molecule has 112 valence electrons. The van der Waals surface area contributed by atoms with Crippen molar-refractivity contribution in [2.45, 2.75) is 83.7 Å². The molecule has 2 rings (SSSR count). The minimum absolute atomic E-state index is 0.0160. The number of nitrogens with two attached hydrogens (primary N) is 1. The van der Waals surface area contributed by atoms with Crippen molar-refractivity contribution >= 4 is 0 Å². The van der Waals surface area contributed by atoms with Crippen molar-refractivity contribution in [2.24, 2.45) is 23.0 Å². The summed E-state index contributed by atoms with van der Waals surface area (Å²) in [6.07, 6.45) is 11.7. The third kappa shape index (κ3) is 3.00. The third-order valence-electron chi connectivity index (χ3n) is 6.36. The Labute approximate surface area is 119 Å². The average molecular weight is 267 g/mol. The fourth-order valence-electron chi connectivity index (χ4n) is 4.51. The largest absolute Gasteiger partial charge is 0.389 e. The molecule has 19 heavy (non-hydrogen) atoms. The molecule has 0 spiro atoms. The fraction of sp³-hybridized carbons (Fsp3) is 1.00. The van der Waals surface area contributed by atoms with Crippen LogP contribution in [0.3, 0.4) is 0 Å². The van der Waals surface area contributed by atoms with Gasteiger partial charge in [0.25, 0.3) is 0 Å². The molecule has 3 N–H and O–H groups in total. The number of aliphatic hydroxyl groups is 1. The van der Waals surface area contributed by atoms with Crippen LogP contribution < -0.4 is 5.73 Å². The van der Waals surface area contributed by atoms with Gasteiger partial charge in [0.1, 0.15) is 0 Å². The van der Waals surface area contributed by atoms with Crippen LogP contribution in [0.15, 0.2) is 0 Å². The quantitative estimate of drug-likeness (QED) is 0.763. The van der Waals surface area contributed by atoms with Crippen molar-refractivity contribution in [1.82, 2.24) is 0 Å². The van der Waals surface area contributed by atoms with Gasteiger partial charge in [0.2, 0.25) is 0 Å². The number of rotatable bonds is 3. The van der Waals surface area contributed by atoms with Crippen molar-refractivity contribution in [1.29, 1.82) is 0 Å². The summed E-state index contributed by atoms with van der Waals surface area (Å²) in [6, 6.07) is 0. The van der Waals surface area contributed by atoms with Gasteiger partial charge >= 0.3 is 0 Å². The first-order valence-corrected chi connectivity index (χ1v) is 8.48. The Morgan fingerprint density at radius 2 is 1.74 bits per heavy atom. The van der Waals surface area contributed by atoms with Gasteiger partial charge in [-0.2, -0.15) is 0 Å². The van der Waals surface area contributed by atoms with Gasteiger partial charge in [0, 0.05) is 12.0 Å². The molecule has 0 aromatic heterocycles. The van der Waals surface area contributed by atoms with Crippen LogP contribution in [0.5, 0.6) is 0 Å². The minimum atomic E-state index is -0.480. The van der Waals surface area contributed by atoms with Crippen LogP contribution in [-0.2, 0) is 0 Å². The highest BCUT2D eigenvalue weighted by Gasteiger charge is 2.50. The lowest BCUT2D eigenvalue weighted by molar-refractivity contribution is -0.114. The second-order valence-electron chi connectivity index (χ2n) is 7.40. The third-order valence-corrected chi connectivity index (χ3v) is 6.36. The highest BCUT2D eigenvalue weighted by Crippen LogP contribution is 2.51. The smallest absolute Gasteiger partial charge is 0.0715 e. The minimum Gasteiger partial charge on any atom is -0.389 e. The zero-order valence-electron chi connectivity index (χ0n) is 13.0. The van der Waals surface area contributed by atoms with Crippen molar-refractivity contribution in [2.75, 3.05) is 6.54 Å². The van der Waals surface area contributed by atoms with Crippen LogP contribution in [0.2, 0.25) is 0 Å². The zero-order chi connectivity index (χ0) is 13.9. The van der Waals surface area contributed by atoms with Crippen LogP contribution >= 0.6 is 0 Å². The molecule has 0 bridgehead atoms. The predicted octanol–water partition coefficient (Wildman–Crippen LogP) is 3.86. The van der Waals surface area contributed by atoms with Crippen LogP contribution in [0.25, 0.3) is 0 Å². The van der Waals surface area contributed by atoms with E-state index in [1.807, 2.05) is 0 Å². The molecule has 0 amide bonds. The summed E-state index contributed by atoms with van der Waals surface area (Å²) in [5.41, 5.74) is 5.69. The monoisotopic (exact) mass is 267 g/mol. The first-order valence-electron chi connectivity index (χ1n) is 8.48. The molecule has 2 saturated carbocycles. The summed E-state index contributed by atoms with van der Waals surface area (Å²) in [5, 5.41) is 11.3. The van der Waals surface area contributed by atoms with Crippen molar-refractivity contribution < 1.29 is 5.11 Å². The molecule has 0 saturated heterocycles. The zero-order valence-corrected chi connectivity index (χ0v) is 13.0. The Kier molecular flexibility index (Phi) is 4.94. The topological polar surface area (TPSA) is 46.2 Å².